The molecule has 2 aromatic rings. The molecule has 0 saturated heterocycles. The van der Waals surface area contributed by atoms with Crippen molar-refractivity contribution in [2.45, 2.75) is 39.7 Å². The molecule has 5 heteroatoms. The molecule has 1 unspecified atom stereocenters. The summed E-state index contributed by atoms with van der Waals surface area (Å²) in [7, 11) is 0. The number of rotatable bonds is 6. The van der Waals surface area contributed by atoms with E-state index in [-0.39, 0.29) is 11.7 Å². The van der Waals surface area contributed by atoms with Gasteiger partial charge in [0.05, 0.1) is 5.56 Å². The summed E-state index contributed by atoms with van der Waals surface area (Å²) in [6.45, 7) is 7.11. The highest BCUT2D eigenvalue weighted by atomic mass is 16.5. The van der Waals surface area contributed by atoms with E-state index in [1.54, 1.807) is 43.3 Å². The molecule has 0 spiro atoms. The minimum Gasteiger partial charge on any atom is -0.451 e. The zero-order chi connectivity index (χ0) is 19.3. The molecule has 0 radical (unpaired) electrons. The molecular weight excluding hydrogens is 330 g/mol. The predicted octanol–water partition coefficient (Wildman–Crippen LogP) is 4.20. The lowest BCUT2D eigenvalue weighted by Crippen LogP contribution is -2.24. The number of nitrogens with one attached hydrogen (secondary N) is 1. The molecule has 2 rings (SSSR count). The molecule has 0 aliphatic carbocycles. The smallest absolute Gasteiger partial charge is 0.338 e. The van der Waals surface area contributed by atoms with E-state index in [1.807, 2.05) is 12.1 Å². The van der Waals surface area contributed by atoms with Gasteiger partial charge in [0.15, 0.2) is 6.10 Å². The molecule has 0 fully saturated rings. The van der Waals surface area contributed by atoms with Crippen molar-refractivity contribution in [3.05, 3.63) is 65.2 Å². The monoisotopic (exact) mass is 353 g/mol. The Labute approximate surface area is 153 Å². The number of Topliss-reactive ketones (excluding diaryl/α,β-unsaturated/α-hetero) is 1. The predicted molar refractivity (Wildman–Crippen MR) is 100 cm³/mol. The van der Waals surface area contributed by atoms with Gasteiger partial charge in [-0.05, 0) is 54.8 Å². The Hall–Kier alpha value is -2.95. The number of hydrogen-bond acceptors (Lipinski definition) is 4. The van der Waals surface area contributed by atoms with Crippen LogP contribution in [0.4, 0.5) is 5.69 Å². The maximum Gasteiger partial charge on any atom is 0.338 e. The lowest BCUT2D eigenvalue weighted by Gasteiger charge is -2.13. The molecule has 26 heavy (non-hydrogen) atoms. The molecular formula is C21H23NO4. The second-order valence-corrected chi connectivity index (χ2v) is 6.45. The van der Waals surface area contributed by atoms with Crippen molar-refractivity contribution in [3.63, 3.8) is 0 Å². The largest absolute Gasteiger partial charge is 0.451 e. The lowest BCUT2D eigenvalue weighted by molar-refractivity contribution is -0.114. The van der Waals surface area contributed by atoms with Crippen LogP contribution in [0.1, 0.15) is 59.9 Å². The van der Waals surface area contributed by atoms with Crippen LogP contribution in [0.3, 0.4) is 0 Å². The van der Waals surface area contributed by atoms with E-state index in [2.05, 4.69) is 19.2 Å². The third-order valence-electron chi connectivity index (χ3n) is 3.96. The summed E-state index contributed by atoms with van der Waals surface area (Å²) in [6, 6.07) is 13.6. The van der Waals surface area contributed by atoms with E-state index in [0.717, 1.165) is 5.56 Å². The first kappa shape index (κ1) is 19.4. The number of carbonyl (C=O) groups is 3. The standard InChI is InChI=1S/C21H23NO4/c1-13(2)16-5-7-18(8-6-16)21(25)26-14(3)20(24)17-9-11-19(12-10-17)22-15(4)23/h5-14H,1-4H3,(H,22,23). The van der Waals surface area contributed by atoms with Gasteiger partial charge in [0.1, 0.15) is 0 Å². The fourth-order valence-electron chi connectivity index (χ4n) is 2.44. The average molecular weight is 353 g/mol. The zero-order valence-electron chi connectivity index (χ0n) is 15.4. The van der Waals surface area contributed by atoms with E-state index < -0.39 is 12.1 Å². The summed E-state index contributed by atoms with van der Waals surface area (Å²) in [6.07, 6.45) is -0.904. The van der Waals surface area contributed by atoms with Crippen molar-refractivity contribution in [1.82, 2.24) is 0 Å². The van der Waals surface area contributed by atoms with Crippen LogP contribution in [0, 0.1) is 0 Å². The van der Waals surface area contributed by atoms with Crippen LogP contribution in [-0.4, -0.2) is 23.8 Å². The molecule has 0 aliphatic rings. The molecule has 1 atom stereocenters. The first-order chi connectivity index (χ1) is 12.3. The number of ketones is 1. The fourth-order valence-corrected chi connectivity index (χ4v) is 2.44. The van der Waals surface area contributed by atoms with Gasteiger partial charge in [-0.1, -0.05) is 26.0 Å². The highest BCUT2D eigenvalue weighted by Gasteiger charge is 2.20. The number of ether oxygens (including phenoxy) is 1. The highest BCUT2D eigenvalue weighted by Crippen LogP contribution is 2.17. The quantitative estimate of drug-likeness (QED) is 0.624. The molecule has 0 aromatic heterocycles. The van der Waals surface area contributed by atoms with Gasteiger partial charge in [0.25, 0.3) is 0 Å². The van der Waals surface area contributed by atoms with E-state index in [9.17, 15) is 14.4 Å². The molecule has 1 N–H and O–H groups in total. The molecule has 1 amide bonds. The summed E-state index contributed by atoms with van der Waals surface area (Å²) in [5.41, 5.74) is 2.55. The van der Waals surface area contributed by atoms with Gasteiger partial charge in [-0.2, -0.15) is 0 Å². The molecule has 0 aliphatic heterocycles. The minimum absolute atomic E-state index is 0.185. The van der Waals surface area contributed by atoms with Gasteiger partial charge in [0, 0.05) is 18.2 Å². The van der Waals surface area contributed by atoms with Crippen molar-refractivity contribution < 1.29 is 19.1 Å². The number of benzene rings is 2. The molecule has 0 bridgehead atoms. The Morgan fingerprint density at radius 1 is 0.846 bits per heavy atom. The first-order valence-electron chi connectivity index (χ1n) is 8.50. The van der Waals surface area contributed by atoms with E-state index >= 15 is 0 Å². The van der Waals surface area contributed by atoms with Crippen molar-refractivity contribution >= 4 is 23.3 Å². The number of anilines is 1. The summed E-state index contributed by atoms with van der Waals surface area (Å²) in [5.74, 6) is -0.640. The summed E-state index contributed by atoms with van der Waals surface area (Å²) >= 11 is 0. The zero-order valence-corrected chi connectivity index (χ0v) is 15.4. The number of hydrogen-bond donors (Lipinski definition) is 1. The average Bonchev–Trinajstić information content (AvgIpc) is 2.61. The first-order valence-corrected chi connectivity index (χ1v) is 8.50. The van der Waals surface area contributed by atoms with Crippen molar-refractivity contribution in [3.8, 4) is 0 Å². The Bertz CT molecular complexity index is 792. The maximum atomic E-state index is 12.4. The van der Waals surface area contributed by atoms with E-state index in [4.69, 9.17) is 4.74 Å². The number of amides is 1. The molecule has 2 aromatic carbocycles. The van der Waals surface area contributed by atoms with Gasteiger partial charge in [-0.25, -0.2) is 4.79 Å². The van der Waals surface area contributed by atoms with Crippen LogP contribution >= 0.6 is 0 Å². The van der Waals surface area contributed by atoms with Crippen LogP contribution in [-0.2, 0) is 9.53 Å². The molecule has 5 nitrogen and oxygen atoms in total. The summed E-state index contributed by atoms with van der Waals surface area (Å²) in [4.78, 5) is 35.7. The van der Waals surface area contributed by atoms with Gasteiger partial charge >= 0.3 is 5.97 Å². The Kier molecular flexibility index (Phi) is 6.28. The van der Waals surface area contributed by atoms with Crippen molar-refractivity contribution in [2.24, 2.45) is 0 Å². The second kappa shape index (κ2) is 8.43. The van der Waals surface area contributed by atoms with Crippen LogP contribution in [0.15, 0.2) is 48.5 Å². The van der Waals surface area contributed by atoms with Crippen molar-refractivity contribution in [1.29, 1.82) is 0 Å². The summed E-state index contributed by atoms with van der Waals surface area (Å²) < 4.78 is 5.29. The second-order valence-electron chi connectivity index (χ2n) is 6.45. The Balaban J connectivity index is 2.01. The number of carbonyl (C=O) groups excluding carboxylic acids is 3. The van der Waals surface area contributed by atoms with E-state index in [1.165, 1.54) is 6.92 Å². The van der Waals surface area contributed by atoms with Crippen LogP contribution in [0.2, 0.25) is 0 Å². The number of esters is 1. The highest BCUT2D eigenvalue weighted by molar-refractivity contribution is 6.01. The van der Waals surface area contributed by atoms with Crippen molar-refractivity contribution in [2.75, 3.05) is 5.32 Å². The molecule has 0 saturated carbocycles. The van der Waals surface area contributed by atoms with E-state index in [0.29, 0.717) is 22.7 Å². The van der Waals surface area contributed by atoms with Crippen LogP contribution < -0.4 is 5.32 Å². The Morgan fingerprint density at radius 2 is 1.38 bits per heavy atom. The molecule has 0 heterocycles. The van der Waals surface area contributed by atoms with Crippen LogP contribution in [0.5, 0.6) is 0 Å². The van der Waals surface area contributed by atoms with Gasteiger partial charge in [-0.15, -0.1) is 0 Å². The Morgan fingerprint density at radius 3 is 1.88 bits per heavy atom. The van der Waals surface area contributed by atoms with Gasteiger partial charge < -0.3 is 10.1 Å². The SMILES string of the molecule is CC(=O)Nc1ccc(C(=O)C(C)OC(=O)c2ccc(C(C)C)cc2)cc1. The fraction of sp³-hybridized carbons (Fsp3) is 0.286. The normalized spacial score (nSPS) is 11.7. The summed E-state index contributed by atoms with van der Waals surface area (Å²) in [5, 5.41) is 2.63. The third kappa shape index (κ3) is 5.02. The topological polar surface area (TPSA) is 72.5 Å². The maximum absolute atomic E-state index is 12.4. The molecule has 136 valence electrons. The van der Waals surface area contributed by atoms with Crippen LogP contribution in [0.25, 0.3) is 0 Å². The third-order valence-corrected chi connectivity index (χ3v) is 3.96. The van der Waals surface area contributed by atoms with Gasteiger partial charge in [0.2, 0.25) is 11.7 Å². The minimum atomic E-state index is -0.904. The lowest BCUT2D eigenvalue weighted by atomic mass is 10.0. The van der Waals surface area contributed by atoms with Gasteiger partial charge in [-0.3, -0.25) is 9.59 Å².